The van der Waals surface area contributed by atoms with E-state index in [0.29, 0.717) is 40.9 Å². The van der Waals surface area contributed by atoms with Gasteiger partial charge in [-0.2, -0.15) is 0 Å². The standard InChI is InChI=1S/C25H18Cl2N2O5/c26-17-5-3-15(10-18(17)27)22-21(23(30)16-4-6-19-20(11-16)34-9-8-33-19)24(31)25(32)29(22)13-14-2-1-7-28-12-14/h1-7,10-12,22,30H,8-9,13H2/t22-/m1/s1. The van der Waals surface area contributed by atoms with Crippen LogP contribution in [0.2, 0.25) is 10.0 Å². The van der Waals surface area contributed by atoms with Crippen LogP contribution < -0.4 is 9.47 Å². The summed E-state index contributed by atoms with van der Waals surface area (Å²) < 4.78 is 11.1. The SMILES string of the molecule is O=C1C(=O)N(Cc2cccnc2)[C@H](c2ccc(Cl)c(Cl)c2)C1=C(O)c1ccc2c(c1)OCCO2. The van der Waals surface area contributed by atoms with Crippen molar-refractivity contribution in [3.8, 4) is 11.5 Å². The Morgan fingerprint density at radius 2 is 1.82 bits per heavy atom. The zero-order valence-electron chi connectivity index (χ0n) is 17.7. The van der Waals surface area contributed by atoms with Gasteiger partial charge in [0.25, 0.3) is 11.7 Å². The summed E-state index contributed by atoms with van der Waals surface area (Å²) in [5.41, 5.74) is 1.54. The normalized spacial score (nSPS) is 18.9. The van der Waals surface area contributed by atoms with E-state index in [1.165, 1.54) is 4.90 Å². The van der Waals surface area contributed by atoms with E-state index in [0.717, 1.165) is 5.56 Å². The van der Waals surface area contributed by atoms with Gasteiger partial charge in [0.1, 0.15) is 19.0 Å². The number of aliphatic hydroxyl groups is 1. The number of pyridine rings is 1. The molecule has 0 aliphatic carbocycles. The van der Waals surface area contributed by atoms with Crippen molar-refractivity contribution >= 4 is 40.7 Å². The maximum absolute atomic E-state index is 13.2. The molecule has 1 fully saturated rings. The van der Waals surface area contributed by atoms with Gasteiger partial charge in [0.2, 0.25) is 0 Å². The highest BCUT2D eigenvalue weighted by molar-refractivity contribution is 6.46. The number of Topliss-reactive ketones (excluding diaryl/α,β-unsaturated/α-hetero) is 1. The Kier molecular flexibility index (Phi) is 5.89. The van der Waals surface area contributed by atoms with Gasteiger partial charge in [-0.25, -0.2) is 0 Å². The highest BCUT2D eigenvalue weighted by atomic mass is 35.5. The lowest BCUT2D eigenvalue weighted by Gasteiger charge is -2.26. The summed E-state index contributed by atoms with van der Waals surface area (Å²) in [5.74, 6) is -0.863. The van der Waals surface area contributed by atoms with Gasteiger partial charge in [-0.1, -0.05) is 35.3 Å². The van der Waals surface area contributed by atoms with Gasteiger partial charge in [0.05, 0.1) is 21.7 Å². The van der Waals surface area contributed by atoms with E-state index in [9.17, 15) is 14.7 Å². The lowest BCUT2D eigenvalue weighted by atomic mass is 9.95. The van der Waals surface area contributed by atoms with Crippen LogP contribution >= 0.6 is 23.2 Å². The third-order valence-electron chi connectivity index (χ3n) is 5.69. The van der Waals surface area contributed by atoms with Crippen molar-refractivity contribution in [1.29, 1.82) is 0 Å². The maximum atomic E-state index is 13.2. The van der Waals surface area contributed by atoms with Crippen molar-refractivity contribution < 1.29 is 24.2 Å². The first-order chi connectivity index (χ1) is 16.4. The molecule has 0 unspecified atom stereocenters. The predicted octanol–water partition coefficient (Wildman–Crippen LogP) is 4.78. The van der Waals surface area contributed by atoms with Crippen molar-refractivity contribution in [3.05, 3.63) is 93.2 Å². The highest BCUT2D eigenvalue weighted by Gasteiger charge is 2.46. The molecule has 0 bridgehead atoms. The van der Waals surface area contributed by atoms with Gasteiger partial charge < -0.3 is 19.5 Å². The zero-order valence-corrected chi connectivity index (χ0v) is 19.2. The molecule has 1 atom stereocenters. The Balaban J connectivity index is 1.65. The average molecular weight is 497 g/mol. The molecule has 1 N–H and O–H groups in total. The van der Waals surface area contributed by atoms with Crippen molar-refractivity contribution in [1.82, 2.24) is 9.88 Å². The van der Waals surface area contributed by atoms with E-state index in [2.05, 4.69) is 4.98 Å². The molecule has 1 aromatic heterocycles. The molecule has 2 aliphatic heterocycles. The number of carbonyl (C=O) groups excluding carboxylic acids is 2. The zero-order chi connectivity index (χ0) is 23.8. The van der Waals surface area contributed by atoms with Crippen molar-refractivity contribution in [3.63, 3.8) is 0 Å². The number of rotatable bonds is 4. The molecule has 34 heavy (non-hydrogen) atoms. The molecule has 2 aromatic carbocycles. The summed E-state index contributed by atoms with van der Waals surface area (Å²) in [6.07, 6.45) is 3.24. The van der Waals surface area contributed by atoms with Crippen molar-refractivity contribution in [2.75, 3.05) is 13.2 Å². The van der Waals surface area contributed by atoms with Crippen LogP contribution in [0.4, 0.5) is 0 Å². The van der Waals surface area contributed by atoms with E-state index in [1.807, 2.05) is 0 Å². The van der Waals surface area contributed by atoms with E-state index >= 15 is 0 Å². The van der Waals surface area contributed by atoms with Crippen LogP contribution in [0.25, 0.3) is 5.76 Å². The Morgan fingerprint density at radius 3 is 2.56 bits per heavy atom. The molecule has 172 valence electrons. The molecule has 5 rings (SSSR count). The number of hydrogen-bond donors (Lipinski definition) is 1. The number of ether oxygens (including phenoxy) is 2. The van der Waals surface area contributed by atoms with Gasteiger partial charge in [-0.3, -0.25) is 14.6 Å². The Morgan fingerprint density at radius 1 is 1.03 bits per heavy atom. The minimum absolute atomic E-state index is 0.0519. The summed E-state index contributed by atoms with van der Waals surface area (Å²) in [5, 5.41) is 11.9. The van der Waals surface area contributed by atoms with E-state index in [1.54, 1.807) is 60.9 Å². The quantitative estimate of drug-likeness (QED) is 0.317. The van der Waals surface area contributed by atoms with Crippen LogP contribution in [0.3, 0.4) is 0 Å². The molecular weight excluding hydrogens is 479 g/mol. The lowest BCUT2D eigenvalue weighted by Crippen LogP contribution is -2.29. The Hall–Kier alpha value is -3.55. The van der Waals surface area contributed by atoms with Gasteiger partial charge in [-0.15, -0.1) is 0 Å². The summed E-state index contributed by atoms with van der Waals surface area (Å²) in [6.45, 7) is 0.909. The number of aliphatic hydroxyl groups excluding tert-OH is 1. The van der Waals surface area contributed by atoms with Gasteiger partial charge in [0, 0.05) is 24.5 Å². The molecular formula is C25H18Cl2N2O5. The molecule has 1 amide bonds. The largest absolute Gasteiger partial charge is 0.507 e. The van der Waals surface area contributed by atoms with Gasteiger partial charge in [-0.05, 0) is 47.5 Å². The molecule has 9 heteroatoms. The number of ketones is 1. The molecule has 0 saturated carbocycles. The second-order valence-electron chi connectivity index (χ2n) is 7.82. The Labute approximate surface area is 205 Å². The summed E-state index contributed by atoms with van der Waals surface area (Å²) in [4.78, 5) is 31.8. The first-order valence-corrected chi connectivity index (χ1v) is 11.2. The van der Waals surface area contributed by atoms with E-state index < -0.39 is 17.7 Å². The first kappa shape index (κ1) is 22.3. The van der Waals surface area contributed by atoms with Crippen molar-refractivity contribution in [2.24, 2.45) is 0 Å². The summed E-state index contributed by atoms with van der Waals surface area (Å²) in [6, 6.07) is 12.4. The number of nitrogens with zero attached hydrogens (tertiary/aromatic N) is 2. The van der Waals surface area contributed by atoms with Crippen LogP contribution in [0.1, 0.15) is 22.7 Å². The summed E-state index contributed by atoms with van der Waals surface area (Å²) in [7, 11) is 0. The third-order valence-corrected chi connectivity index (χ3v) is 6.43. The number of hydrogen-bond acceptors (Lipinski definition) is 6. The molecule has 0 spiro atoms. The number of fused-ring (bicyclic) bond motifs is 1. The number of benzene rings is 2. The van der Waals surface area contributed by atoms with Crippen LogP contribution in [-0.4, -0.2) is 39.9 Å². The number of carbonyl (C=O) groups is 2. The van der Waals surface area contributed by atoms with Gasteiger partial charge >= 0.3 is 0 Å². The topological polar surface area (TPSA) is 89.0 Å². The second kappa shape index (κ2) is 9.00. The van der Waals surface area contributed by atoms with E-state index in [4.69, 9.17) is 32.7 Å². The molecule has 3 heterocycles. The number of aromatic nitrogens is 1. The smallest absolute Gasteiger partial charge is 0.295 e. The molecule has 2 aliphatic rings. The van der Waals surface area contributed by atoms with Crippen LogP contribution in [0, 0.1) is 0 Å². The van der Waals surface area contributed by atoms with E-state index in [-0.39, 0.29) is 22.9 Å². The molecule has 0 radical (unpaired) electrons. The maximum Gasteiger partial charge on any atom is 0.295 e. The first-order valence-electron chi connectivity index (χ1n) is 10.5. The fraction of sp³-hybridized carbons (Fsp3) is 0.160. The third kappa shape index (κ3) is 3.97. The Bertz CT molecular complexity index is 1330. The molecule has 7 nitrogen and oxygen atoms in total. The monoisotopic (exact) mass is 496 g/mol. The lowest BCUT2D eigenvalue weighted by molar-refractivity contribution is -0.140. The van der Waals surface area contributed by atoms with Crippen LogP contribution in [-0.2, 0) is 16.1 Å². The minimum Gasteiger partial charge on any atom is -0.507 e. The van der Waals surface area contributed by atoms with Crippen LogP contribution in [0.5, 0.6) is 11.5 Å². The number of halogens is 2. The fourth-order valence-corrected chi connectivity index (χ4v) is 4.41. The minimum atomic E-state index is -0.886. The van der Waals surface area contributed by atoms with Gasteiger partial charge in [0.15, 0.2) is 11.5 Å². The highest BCUT2D eigenvalue weighted by Crippen LogP contribution is 2.42. The average Bonchev–Trinajstić information content (AvgIpc) is 3.10. The van der Waals surface area contributed by atoms with Crippen molar-refractivity contribution in [2.45, 2.75) is 12.6 Å². The molecule has 3 aromatic rings. The summed E-state index contributed by atoms with van der Waals surface area (Å²) >= 11 is 12.4. The fourth-order valence-electron chi connectivity index (χ4n) is 4.11. The predicted molar refractivity (Wildman–Crippen MR) is 126 cm³/mol. The number of amides is 1. The second-order valence-corrected chi connectivity index (χ2v) is 8.63. The van der Waals surface area contributed by atoms with Crippen LogP contribution in [0.15, 0.2) is 66.5 Å². The number of likely N-dealkylation sites (tertiary alicyclic amines) is 1. The molecule has 1 saturated heterocycles.